The fourth-order valence-electron chi connectivity index (χ4n) is 2.13. The first-order valence-electron chi connectivity index (χ1n) is 5.84. The molecule has 0 aromatic carbocycles. The molecule has 0 saturated carbocycles. The number of halogens is 2. The first kappa shape index (κ1) is 14.4. The summed E-state index contributed by atoms with van der Waals surface area (Å²) in [5.41, 5.74) is -1.52. The Kier molecular flexibility index (Phi) is 3.65. The maximum Gasteiger partial charge on any atom is 0.268 e. The topological polar surface area (TPSA) is 63.7 Å². The average molecular weight is 295 g/mol. The fourth-order valence-corrected chi connectivity index (χ4v) is 3.42. The van der Waals surface area contributed by atoms with Crippen molar-refractivity contribution in [1.29, 1.82) is 0 Å². The lowest BCUT2D eigenvalue weighted by Crippen LogP contribution is -2.56. The Morgan fingerprint density at radius 2 is 2.21 bits per heavy atom. The molecule has 8 heteroatoms. The van der Waals surface area contributed by atoms with E-state index in [9.17, 15) is 22.0 Å². The number of alkyl halides is 2. The van der Waals surface area contributed by atoms with E-state index < -0.39 is 27.8 Å². The molecule has 0 radical (unpaired) electrons. The van der Waals surface area contributed by atoms with Gasteiger partial charge in [-0.1, -0.05) is 6.08 Å². The molecule has 2 heterocycles. The molecule has 1 amide bonds. The molecule has 1 unspecified atom stereocenters. The summed E-state index contributed by atoms with van der Waals surface area (Å²) in [5, 5.41) is 0. The van der Waals surface area contributed by atoms with Crippen molar-refractivity contribution in [3.05, 3.63) is 11.6 Å². The van der Waals surface area contributed by atoms with Crippen LogP contribution in [0.1, 0.15) is 6.92 Å². The quantitative estimate of drug-likeness (QED) is 0.731. The van der Waals surface area contributed by atoms with Gasteiger partial charge in [0.2, 0.25) is 0 Å². The van der Waals surface area contributed by atoms with Crippen LogP contribution in [0.2, 0.25) is 0 Å². The first-order chi connectivity index (χ1) is 8.73. The van der Waals surface area contributed by atoms with Gasteiger partial charge >= 0.3 is 0 Å². The highest BCUT2D eigenvalue weighted by atomic mass is 32.2. The first-order valence-corrected chi connectivity index (χ1v) is 7.66. The van der Waals surface area contributed by atoms with Gasteiger partial charge in [0.25, 0.3) is 12.3 Å². The summed E-state index contributed by atoms with van der Waals surface area (Å²) in [6, 6.07) is 0. The third kappa shape index (κ3) is 2.94. The molecule has 0 aromatic rings. The molecule has 2 aliphatic heterocycles. The average Bonchev–Trinajstić information content (AvgIpc) is 2.68. The Hall–Kier alpha value is -1.02. The minimum Gasteiger partial charge on any atom is -0.366 e. The number of morpholine rings is 1. The molecule has 2 aliphatic rings. The summed E-state index contributed by atoms with van der Waals surface area (Å²) in [7, 11) is -3.24. The highest BCUT2D eigenvalue weighted by Crippen LogP contribution is 2.26. The van der Waals surface area contributed by atoms with Crippen molar-refractivity contribution in [3.63, 3.8) is 0 Å². The maximum absolute atomic E-state index is 12.9. The van der Waals surface area contributed by atoms with E-state index in [0.29, 0.717) is 0 Å². The van der Waals surface area contributed by atoms with Crippen LogP contribution in [0, 0.1) is 0 Å². The van der Waals surface area contributed by atoms with E-state index in [2.05, 4.69) is 0 Å². The summed E-state index contributed by atoms with van der Waals surface area (Å²) in [6.45, 7) is 1.23. The van der Waals surface area contributed by atoms with Gasteiger partial charge in [-0.3, -0.25) is 4.79 Å². The van der Waals surface area contributed by atoms with Gasteiger partial charge in [0, 0.05) is 12.1 Å². The maximum atomic E-state index is 12.9. The second kappa shape index (κ2) is 4.82. The van der Waals surface area contributed by atoms with Crippen molar-refractivity contribution in [1.82, 2.24) is 4.90 Å². The lowest BCUT2D eigenvalue weighted by atomic mass is 10.0. The molecule has 0 aromatic heterocycles. The molecule has 19 heavy (non-hydrogen) atoms. The van der Waals surface area contributed by atoms with Gasteiger partial charge in [-0.2, -0.15) is 0 Å². The lowest BCUT2D eigenvalue weighted by Gasteiger charge is -2.39. The van der Waals surface area contributed by atoms with Crippen LogP contribution < -0.4 is 0 Å². The van der Waals surface area contributed by atoms with Crippen LogP contribution >= 0.6 is 0 Å². The Balaban J connectivity index is 2.09. The normalized spacial score (nSPS) is 30.5. The number of carbonyl (C=O) groups is 1. The van der Waals surface area contributed by atoms with Gasteiger partial charge in [0.15, 0.2) is 9.84 Å². The lowest BCUT2D eigenvalue weighted by molar-refractivity contribution is -0.176. The predicted molar refractivity (Wildman–Crippen MR) is 63.7 cm³/mol. The third-order valence-electron chi connectivity index (χ3n) is 3.28. The minimum absolute atomic E-state index is 0.0204. The molecule has 0 N–H and O–H groups in total. The molecule has 108 valence electrons. The van der Waals surface area contributed by atoms with Crippen molar-refractivity contribution < 1.29 is 26.7 Å². The van der Waals surface area contributed by atoms with E-state index in [0.717, 1.165) is 0 Å². The second-order valence-electron chi connectivity index (χ2n) is 4.97. The molecule has 0 bridgehead atoms. The standard InChI is InChI=1S/C11H15F2NO4S/c1-11(10(12)13)7-14(3-4-18-11)9(15)8-2-5-19(16,17)6-8/h2,10H,3-7H2,1H3. The summed E-state index contributed by atoms with van der Waals surface area (Å²) >= 11 is 0. The zero-order chi connectivity index (χ0) is 14.3. The van der Waals surface area contributed by atoms with Crippen LogP contribution in [0.25, 0.3) is 0 Å². The Bertz CT molecular complexity index is 517. The number of nitrogens with zero attached hydrogens (tertiary/aromatic N) is 1. The van der Waals surface area contributed by atoms with Crippen LogP contribution in [-0.4, -0.2) is 62.5 Å². The molecule has 5 nitrogen and oxygen atoms in total. The van der Waals surface area contributed by atoms with Gasteiger partial charge in [-0.25, -0.2) is 17.2 Å². The summed E-state index contributed by atoms with van der Waals surface area (Å²) in [6.07, 6.45) is -1.35. The number of hydrogen-bond donors (Lipinski definition) is 0. The van der Waals surface area contributed by atoms with Gasteiger partial charge < -0.3 is 9.64 Å². The van der Waals surface area contributed by atoms with Gasteiger partial charge in [-0.15, -0.1) is 0 Å². The molecular formula is C11H15F2NO4S. The fraction of sp³-hybridized carbons (Fsp3) is 0.727. The smallest absolute Gasteiger partial charge is 0.268 e. The van der Waals surface area contributed by atoms with Crippen molar-refractivity contribution in [3.8, 4) is 0 Å². The molecule has 1 fully saturated rings. The predicted octanol–water partition coefficient (Wildman–Crippen LogP) is 0.224. The van der Waals surface area contributed by atoms with Crippen molar-refractivity contribution in [2.75, 3.05) is 31.2 Å². The minimum atomic E-state index is -3.24. The molecule has 0 spiro atoms. The third-order valence-corrected chi connectivity index (χ3v) is 4.71. The Labute approximate surface area is 110 Å². The molecule has 1 atom stereocenters. The van der Waals surface area contributed by atoms with E-state index in [1.165, 1.54) is 17.9 Å². The summed E-state index contributed by atoms with van der Waals surface area (Å²) in [4.78, 5) is 13.3. The largest absolute Gasteiger partial charge is 0.366 e. The van der Waals surface area contributed by atoms with Crippen LogP contribution in [0.3, 0.4) is 0 Å². The number of hydrogen-bond acceptors (Lipinski definition) is 4. The van der Waals surface area contributed by atoms with E-state index in [1.54, 1.807) is 0 Å². The SMILES string of the molecule is CC1(C(F)F)CN(C(=O)C2=CCS(=O)(=O)C2)CCO1. The molecule has 0 aliphatic carbocycles. The zero-order valence-corrected chi connectivity index (χ0v) is 11.3. The van der Waals surface area contributed by atoms with Crippen LogP contribution in [-0.2, 0) is 19.4 Å². The molecule has 1 saturated heterocycles. The zero-order valence-electron chi connectivity index (χ0n) is 10.4. The molecular weight excluding hydrogens is 280 g/mol. The monoisotopic (exact) mass is 295 g/mol. The Morgan fingerprint density at radius 1 is 1.53 bits per heavy atom. The van der Waals surface area contributed by atoms with Crippen molar-refractivity contribution in [2.24, 2.45) is 0 Å². The summed E-state index contributed by atoms with van der Waals surface area (Å²) in [5.74, 6) is -0.963. The van der Waals surface area contributed by atoms with Gasteiger partial charge in [0.05, 0.1) is 24.7 Å². The highest BCUT2D eigenvalue weighted by molar-refractivity contribution is 7.92. The van der Waals surface area contributed by atoms with Crippen LogP contribution in [0.4, 0.5) is 8.78 Å². The highest BCUT2D eigenvalue weighted by Gasteiger charge is 2.43. The number of carbonyl (C=O) groups excluding carboxylic acids is 1. The van der Waals surface area contributed by atoms with Gasteiger partial charge in [-0.05, 0) is 6.92 Å². The van der Waals surface area contributed by atoms with Crippen LogP contribution in [0.5, 0.6) is 0 Å². The Morgan fingerprint density at radius 3 is 2.74 bits per heavy atom. The van der Waals surface area contributed by atoms with Crippen molar-refractivity contribution >= 4 is 15.7 Å². The second-order valence-corrected chi connectivity index (χ2v) is 7.08. The number of rotatable bonds is 2. The van der Waals surface area contributed by atoms with E-state index in [1.807, 2.05) is 0 Å². The molecule has 2 rings (SSSR count). The van der Waals surface area contributed by atoms with E-state index in [4.69, 9.17) is 4.74 Å². The van der Waals surface area contributed by atoms with E-state index in [-0.39, 0.29) is 36.8 Å². The van der Waals surface area contributed by atoms with Gasteiger partial charge in [0.1, 0.15) is 5.60 Å². The summed E-state index contributed by atoms with van der Waals surface area (Å²) < 4.78 is 53.4. The van der Waals surface area contributed by atoms with Crippen molar-refractivity contribution in [2.45, 2.75) is 19.0 Å². The van der Waals surface area contributed by atoms with E-state index >= 15 is 0 Å². The number of amides is 1. The number of sulfone groups is 1. The number of ether oxygens (including phenoxy) is 1. The van der Waals surface area contributed by atoms with Crippen LogP contribution in [0.15, 0.2) is 11.6 Å².